The molecule has 3 nitrogen and oxygen atoms in total. The fraction of sp³-hybridized carbons (Fsp3) is 0.923. The first kappa shape index (κ1) is 21.4. The molecule has 0 aromatic heterocycles. The van der Waals surface area contributed by atoms with Gasteiger partial charge in [0.1, 0.15) is 5.78 Å². The number of hydrogen-bond donors (Lipinski definition) is 0. The molecule has 0 aromatic rings. The van der Waals surface area contributed by atoms with Crippen molar-refractivity contribution in [2.45, 2.75) is 91.9 Å². The Balaban J connectivity index is 1.54. The maximum Gasteiger partial charge on any atom is 0.305 e. The van der Waals surface area contributed by atoms with Gasteiger partial charge in [-0.2, -0.15) is 0 Å². The molecule has 29 heavy (non-hydrogen) atoms. The monoisotopic (exact) mass is 402 g/mol. The Kier molecular flexibility index (Phi) is 5.66. The molecule has 3 heteroatoms. The lowest BCUT2D eigenvalue weighted by Gasteiger charge is -2.60. The van der Waals surface area contributed by atoms with E-state index in [9.17, 15) is 9.59 Å². The predicted molar refractivity (Wildman–Crippen MR) is 115 cm³/mol. The van der Waals surface area contributed by atoms with Crippen LogP contribution in [0.2, 0.25) is 0 Å². The molecule has 4 unspecified atom stereocenters. The lowest BCUT2D eigenvalue weighted by molar-refractivity contribution is -0.158. The standard InChI is InChI=1S/C26H42O3/c1-16-12-13-25(3)18(14-16)7-8-19-21-10-9-20(17(2)6-11-24(28)29-5)26(21,4)23(27)15-22(19)25/h16-22H,6-15H2,1-5H3/t16-,17+,18+,19?,20?,21?,22?,25-,26+/m0/s1. The second kappa shape index (κ2) is 7.68. The van der Waals surface area contributed by atoms with Crippen molar-refractivity contribution in [2.24, 2.45) is 52.3 Å². The zero-order chi connectivity index (χ0) is 21.0. The van der Waals surface area contributed by atoms with Crippen LogP contribution in [-0.4, -0.2) is 18.9 Å². The highest BCUT2D eigenvalue weighted by atomic mass is 16.5. The summed E-state index contributed by atoms with van der Waals surface area (Å²) < 4.78 is 4.85. The van der Waals surface area contributed by atoms with Crippen molar-refractivity contribution in [2.75, 3.05) is 7.11 Å². The van der Waals surface area contributed by atoms with Crippen LogP contribution in [0.1, 0.15) is 91.9 Å². The van der Waals surface area contributed by atoms with E-state index in [0.717, 1.165) is 37.0 Å². The zero-order valence-corrected chi connectivity index (χ0v) is 19.3. The maximum atomic E-state index is 13.8. The van der Waals surface area contributed by atoms with Crippen LogP contribution in [0, 0.1) is 52.3 Å². The molecule has 4 saturated carbocycles. The SMILES string of the molecule is COC(=O)CC[C@@H](C)C1CCC2C3CC[C@@H]4C[C@@H](C)CC[C@]4(C)C3CC(=O)[C@@]21C. The highest BCUT2D eigenvalue weighted by Gasteiger charge is 2.63. The van der Waals surface area contributed by atoms with Gasteiger partial charge in [0.25, 0.3) is 0 Å². The van der Waals surface area contributed by atoms with E-state index in [0.29, 0.717) is 41.3 Å². The number of methoxy groups -OCH3 is 1. The molecule has 4 aliphatic carbocycles. The highest BCUT2D eigenvalue weighted by Crippen LogP contribution is 2.67. The van der Waals surface area contributed by atoms with E-state index < -0.39 is 0 Å². The molecular weight excluding hydrogens is 360 g/mol. The van der Waals surface area contributed by atoms with E-state index in [1.807, 2.05) is 0 Å². The maximum absolute atomic E-state index is 13.8. The number of ether oxygens (including phenoxy) is 1. The van der Waals surface area contributed by atoms with E-state index in [1.165, 1.54) is 45.6 Å². The molecule has 0 saturated heterocycles. The lowest BCUT2D eigenvalue weighted by atomic mass is 9.43. The first-order valence-electron chi connectivity index (χ1n) is 12.3. The van der Waals surface area contributed by atoms with Crippen molar-refractivity contribution in [1.29, 1.82) is 0 Å². The number of rotatable bonds is 4. The Morgan fingerprint density at radius 1 is 1.14 bits per heavy atom. The fourth-order valence-corrected chi connectivity index (χ4v) is 8.77. The average molecular weight is 403 g/mol. The number of carbonyl (C=O) groups is 2. The van der Waals surface area contributed by atoms with Gasteiger partial charge in [0.05, 0.1) is 7.11 Å². The Bertz CT molecular complexity index is 656. The molecule has 0 heterocycles. The molecule has 4 fully saturated rings. The smallest absolute Gasteiger partial charge is 0.305 e. The number of ketones is 1. The summed E-state index contributed by atoms with van der Waals surface area (Å²) in [6.45, 7) is 9.54. The van der Waals surface area contributed by atoms with Gasteiger partial charge in [-0.15, -0.1) is 0 Å². The summed E-state index contributed by atoms with van der Waals surface area (Å²) in [5.41, 5.74) is 0.225. The topological polar surface area (TPSA) is 43.4 Å². The lowest BCUT2D eigenvalue weighted by Crippen LogP contribution is -2.57. The van der Waals surface area contributed by atoms with Gasteiger partial charge in [-0.3, -0.25) is 9.59 Å². The third-order valence-corrected chi connectivity index (χ3v) is 10.6. The zero-order valence-electron chi connectivity index (χ0n) is 19.3. The number of carbonyl (C=O) groups excluding carboxylic acids is 2. The molecular formula is C26H42O3. The molecule has 164 valence electrons. The van der Waals surface area contributed by atoms with Crippen LogP contribution in [0.5, 0.6) is 0 Å². The molecule has 9 atom stereocenters. The molecule has 0 N–H and O–H groups in total. The van der Waals surface area contributed by atoms with Crippen molar-refractivity contribution in [1.82, 2.24) is 0 Å². The summed E-state index contributed by atoms with van der Waals surface area (Å²) >= 11 is 0. The van der Waals surface area contributed by atoms with Gasteiger partial charge in [0.2, 0.25) is 0 Å². The van der Waals surface area contributed by atoms with Crippen molar-refractivity contribution in [3.8, 4) is 0 Å². The van der Waals surface area contributed by atoms with E-state index in [2.05, 4.69) is 27.7 Å². The van der Waals surface area contributed by atoms with Crippen LogP contribution < -0.4 is 0 Å². The third kappa shape index (κ3) is 3.30. The summed E-state index contributed by atoms with van der Waals surface area (Å²) in [4.78, 5) is 25.4. The van der Waals surface area contributed by atoms with Gasteiger partial charge in [-0.25, -0.2) is 0 Å². The molecule has 4 rings (SSSR count). The van der Waals surface area contributed by atoms with Crippen molar-refractivity contribution in [3.63, 3.8) is 0 Å². The average Bonchev–Trinajstić information content (AvgIpc) is 3.06. The molecule has 0 spiro atoms. The second-order valence-corrected chi connectivity index (χ2v) is 11.7. The predicted octanol–water partition coefficient (Wildman–Crippen LogP) is 6.05. The number of esters is 1. The third-order valence-electron chi connectivity index (χ3n) is 10.6. The van der Waals surface area contributed by atoms with Gasteiger partial charge in [0, 0.05) is 18.3 Å². The van der Waals surface area contributed by atoms with Crippen LogP contribution in [0.25, 0.3) is 0 Å². The minimum Gasteiger partial charge on any atom is -0.469 e. The Morgan fingerprint density at radius 3 is 2.62 bits per heavy atom. The van der Waals surface area contributed by atoms with Gasteiger partial charge >= 0.3 is 5.97 Å². The molecule has 0 radical (unpaired) electrons. The van der Waals surface area contributed by atoms with Gasteiger partial charge < -0.3 is 4.74 Å². The number of hydrogen-bond acceptors (Lipinski definition) is 3. The highest BCUT2D eigenvalue weighted by molar-refractivity contribution is 5.87. The molecule has 4 aliphatic rings. The van der Waals surface area contributed by atoms with Crippen LogP contribution in [0.3, 0.4) is 0 Å². The summed E-state index contributed by atoms with van der Waals surface area (Å²) in [5.74, 6) is 4.89. The van der Waals surface area contributed by atoms with Gasteiger partial charge in [0.15, 0.2) is 0 Å². The van der Waals surface area contributed by atoms with Crippen molar-refractivity contribution >= 4 is 11.8 Å². The van der Waals surface area contributed by atoms with Crippen LogP contribution in [-0.2, 0) is 14.3 Å². The molecule has 0 bridgehead atoms. The van der Waals surface area contributed by atoms with Crippen LogP contribution >= 0.6 is 0 Å². The Morgan fingerprint density at radius 2 is 1.90 bits per heavy atom. The van der Waals surface area contributed by atoms with Crippen LogP contribution in [0.15, 0.2) is 0 Å². The second-order valence-electron chi connectivity index (χ2n) is 11.7. The largest absolute Gasteiger partial charge is 0.469 e. The van der Waals surface area contributed by atoms with E-state index in [4.69, 9.17) is 4.74 Å². The number of Topliss-reactive ketones (excluding diaryl/α,β-unsaturated/α-hetero) is 1. The van der Waals surface area contributed by atoms with E-state index in [-0.39, 0.29) is 11.4 Å². The fourth-order valence-electron chi connectivity index (χ4n) is 8.77. The first-order valence-corrected chi connectivity index (χ1v) is 12.3. The first-order chi connectivity index (χ1) is 13.7. The molecule has 0 aliphatic heterocycles. The normalized spacial score (nSPS) is 47.7. The molecule has 0 amide bonds. The van der Waals surface area contributed by atoms with E-state index in [1.54, 1.807) is 0 Å². The van der Waals surface area contributed by atoms with E-state index >= 15 is 0 Å². The minimum absolute atomic E-state index is 0.121. The van der Waals surface area contributed by atoms with Crippen LogP contribution in [0.4, 0.5) is 0 Å². The van der Waals surface area contributed by atoms with Gasteiger partial charge in [-0.1, -0.05) is 34.1 Å². The summed E-state index contributed by atoms with van der Waals surface area (Å²) in [7, 11) is 1.47. The van der Waals surface area contributed by atoms with Crippen molar-refractivity contribution in [3.05, 3.63) is 0 Å². The van der Waals surface area contributed by atoms with Gasteiger partial charge in [-0.05, 0) is 91.8 Å². The quantitative estimate of drug-likeness (QED) is 0.538. The summed E-state index contributed by atoms with van der Waals surface area (Å²) in [6, 6.07) is 0. The van der Waals surface area contributed by atoms with Crippen molar-refractivity contribution < 1.29 is 14.3 Å². The molecule has 0 aromatic carbocycles. The minimum atomic E-state index is -0.165. The Hall–Kier alpha value is -0.860. The summed E-state index contributed by atoms with van der Waals surface area (Å²) in [6.07, 6.45) is 11.3. The number of fused-ring (bicyclic) bond motifs is 5. The summed E-state index contributed by atoms with van der Waals surface area (Å²) in [5, 5.41) is 0. The Labute approximate surface area is 177 Å².